The number of nitrogens with one attached hydrogen (secondary N) is 2. The molecule has 4 N–H and O–H groups in total. The van der Waals surface area contributed by atoms with Crippen LogP contribution in [0.2, 0.25) is 0 Å². The number of hydrogen-bond donors (Lipinski definition) is 3. The fourth-order valence-electron chi connectivity index (χ4n) is 3.55. The average Bonchev–Trinajstić information content (AvgIpc) is 3.05. The van der Waals surface area contributed by atoms with Gasteiger partial charge in [-0.1, -0.05) is 19.1 Å². The number of primary sulfonamides is 1. The molecule has 3 rings (SSSR count). The number of rotatable bonds is 8. The van der Waals surface area contributed by atoms with Crippen molar-refractivity contribution in [2.45, 2.75) is 33.6 Å². The molecule has 0 bridgehead atoms. The summed E-state index contributed by atoms with van der Waals surface area (Å²) in [5, 5.41) is 11.8. The Hall–Kier alpha value is -2.95. The Labute approximate surface area is 202 Å². The fourth-order valence-corrected chi connectivity index (χ4v) is 4.12. The van der Waals surface area contributed by atoms with Crippen LogP contribution in [0.5, 0.6) is 0 Å². The van der Waals surface area contributed by atoms with Crippen LogP contribution in [0.1, 0.15) is 32.3 Å². The highest BCUT2D eigenvalue weighted by atomic mass is 32.2. The Morgan fingerprint density at radius 1 is 1.24 bits per heavy atom. The molecule has 2 heterocycles. The summed E-state index contributed by atoms with van der Waals surface area (Å²) in [7, 11) is -1.66. The number of aryl methyl sites for hydroxylation is 1. The highest BCUT2D eigenvalue weighted by Gasteiger charge is 2.14. The molecular formula is C24H35N7O2S. The van der Waals surface area contributed by atoms with Crippen molar-refractivity contribution in [3.8, 4) is 0 Å². The maximum atomic E-state index is 11.8. The number of likely N-dealkylation sites (N-methyl/N-ethyl adjacent to an activating group) is 1. The number of aromatic nitrogens is 2. The van der Waals surface area contributed by atoms with Crippen molar-refractivity contribution in [3.63, 3.8) is 0 Å². The smallest absolute Gasteiger partial charge is 0.238 e. The molecule has 1 aromatic heterocycles. The van der Waals surface area contributed by atoms with E-state index < -0.39 is 10.0 Å². The maximum Gasteiger partial charge on any atom is 0.238 e. The molecule has 9 nitrogen and oxygen atoms in total. The molecule has 0 amide bonds. The first-order valence-electron chi connectivity index (χ1n) is 11.5. The molecule has 0 radical (unpaired) electrons. The van der Waals surface area contributed by atoms with Crippen LogP contribution in [-0.2, 0) is 10.0 Å². The predicted octanol–water partition coefficient (Wildman–Crippen LogP) is 3.07. The van der Waals surface area contributed by atoms with Gasteiger partial charge in [0.15, 0.2) is 0 Å². The van der Waals surface area contributed by atoms with E-state index in [9.17, 15) is 8.42 Å². The highest BCUT2D eigenvalue weighted by Crippen LogP contribution is 2.20. The molecule has 10 heteroatoms. The molecule has 184 valence electrons. The number of anilines is 2. The van der Waals surface area contributed by atoms with Gasteiger partial charge < -0.3 is 20.4 Å². The molecule has 0 spiro atoms. The monoisotopic (exact) mass is 485 g/mol. The molecule has 0 aromatic carbocycles. The summed E-state index contributed by atoms with van der Waals surface area (Å²) in [4.78, 5) is 13.8. The lowest BCUT2D eigenvalue weighted by atomic mass is 10.2. The summed E-state index contributed by atoms with van der Waals surface area (Å²) >= 11 is 0. The van der Waals surface area contributed by atoms with Gasteiger partial charge in [0, 0.05) is 55.0 Å². The van der Waals surface area contributed by atoms with Gasteiger partial charge in [-0.2, -0.15) is 4.98 Å². The van der Waals surface area contributed by atoms with Crippen molar-refractivity contribution < 1.29 is 8.42 Å². The fraction of sp³-hybridized carbons (Fsp3) is 0.417. The Bertz CT molecular complexity index is 1140. The number of sulfonamides is 1. The third-order valence-corrected chi connectivity index (χ3v) is 6.71. The normalized spacial score (nSPS) is 18.3. The number of piperazine rings is 1. The van der Waals surface area contributed by atoms with Crippen molar-refractivity contribution in [1.82, 2.24) is 19.8 Å². The lowest BCUT2D eigenvalue weighted by molar-refractivity contribution is 0.186. The van der Waals surface area contributed by atoms with Crippen LogP contribution in [0, 0.1) is 6.92 Å². The van der Waals surface area contributed by atoms with E-state index in [0.717, 1.165) is 43.9 Å². The first kappa shape index (κ1) is 25.7. The Kier molecular flexibility index (Phi) is 8.65. The largest absolute Gasteiger partial charge is 0.372 e. The van der Waals surface area contributed by atoms with Crippen molar-refractivity contribution in [1.29, 1.82) is 0 Å². The second-order valence-corrected chi connectivity index (χ2v) is 10.1. The van der Waals surface area contributed by atoms with Gasteiger partial charge in [0.25, 0.3) is 0 Å². The van der Waals surface area contributed by atoms with Crippen LogP contribution < -0.4 is 15.8 Å². The zero-order chi connectivity index (χ0) is 24.7. The summed E-state index contributed by atoms with van der Waals surface area (Å²) < 4.78 is 23.6. The predicted molar refractivity (Wildman–Crippen MR) is 138 cm³/mol. The molecule has 34 heavy (non-hydrogen) atoms. The van der Waals surface area contributed by atoms with Crippen LogP contribution in [0.25, 0.3) is 0 Å². The molecule has 1 aliphatic carbocycles. The average molecular weight is 486 g/mol. The molecule has 1 aromatic rings. The van der Waals surface area contributed by atoms with E-state index in [1.807, 2.05) is 13.0 Å². The van der Waals surface area contributed by atoms with E-state index in [-0.39, 0.29) is 4.91 Å². The minimum Gasteiger partial charge on any atom is -0.372 e. The van der Waals surface area contributed by atoms with Gasteiger partial charge in [-0.05, 0) is 58.0 Å². The van der Waals surface area contributed by atoms with Crippen LogP contribution in [0.15, 0.2) is 64.6 Å². The third kappa shape index (κ3) is 7.28. The topological polar surface area (TPSA) is 116 Å². The number of allylic oxidation sites excluding steroid dienone is 8. The molecule has 2 aliphatic rings. The molecule has 0 unspecified atom stereocenters. The van der Waals surface area contributed by atoms with Gasteiger partial charge in [-0.15, -0.1) is 0 Å². The molecule has 1 aliphatic heterocycles. The van der Waals surface area contributed by atoms with Gasteiger partial charge in [0.05, 0.1) is 4.91 Å². The van der Waals surface area contributed by atoms with Crippen molar-refractivity contribution in [3.05, 3.63) is 70.2 Å². The summed E-state index contributed by atoms with van der Waals surface area (Å²) in [5.41, 5.74) is 3.68. The Morgan fingerprint density at radius 3 is 2.65 bits per heavy atom. The van der Waals surface area contributed by atoms with Gasteiger partial charge >= 0.3 is 0 Å². The van der Waals surface area contributed by atoms with Gasteiger partial charge in [0.2, 0.25) is 16.0 Å². The standard InChI is InChI=1S/C24H35N7O2S/c1-5-20(11-10-19(3)31-14-12-30(4)13-15-31)28-24-26-17-18(2)23(29-24)27-21-8-6-7-9-22(16-21)34(25,32)33/h7-11,16-17H,5-6,12-15H2,1-4H3,(H2,25,32,33)(H2,26,27,28,29)/b19-10+,20-11+. The minimum atomic E-state index is -3.81. The van der Waals surface area contributed by atoms with Crippen molar-refractivity contribution >= 4 is 21.8 Å². The van der Waals surface area contributed by atoms with E-state index in [1.54, 1.807) is 12.3 Å². The summed E-state index contributed by atoms with van der Waals surface area (Å²) in [6.45, 7) is 10.3. The molecule has 0 atom stereocenters. The van der Waals surface area contributed by atoms with Crippen LogP contribution in [0.3, 0.4) is 0 Å². The first-order valence-corrected chi connectivity index (χ1v) is 13.0. The quantitative estimate of drug-likeness (QED) is 0.481. The van der Waals surface area contributed by atoms with Crippen molar-refractivity contribution in [2.75, 3.05) is 43.9 Å². The third-order valence-electron chi connectivity index (χ3n) is 5.80. The minimum absolute atomic E-state index is 0.0486. The van der Waals surface area contributed by atoms with Gasteiger partial charge in [-0.3, -0.25) is 0 Å². The lowest BCUT2D eigenvalue weighted by Gasteiger charge is -2.34. The second kappa shape index (κ2) is 11.5. The summed E-state index contributed by atoms with van der Waals surface area (Å²) in [6.07, 6.45) is 14.0. The van der Waals surface area contributed by atoms with Gasteiger partial charge in [0.1, 0.15) is 5.82 Å². The van der Waals surface area contributed by atoms with Gasteiger partial charge in [-0.25, -0.2) is 18.5 Å². The zero-order valence-corrected chi connectivity index (χ0v) is 21.2. The number of hydrogen-bond acceptors (Lipinski definition) is 8. The number of nitrogens with zero attached hydrogens (tertiary/aromatic N) is 4. The van der Waals surface area contributed by atoms with Crippen LogP contribution >= 0.6 is 0 Å². The number of nitrogens with two attached hydrogens (primary N) is 1. The molecule has 1 fully saturated rings. The second-order valence-electron chi connectivity index (χ2n) is 8.51. The summed E-state index contributed by atoms with van der Waals surface area (Å²) in [5.74, 6) is 1.06. The zero-order valence-electron chi connectivity index (χ0n) is 20.4. The van der Waals surface area contributed by atoms with E-state index in [0.29, 0.717) is 23.9 Å². The van der Waals surface area contributed by atoms with Crippen molar-refractivity contribution in [2.24, 2.45) is 5.14 Å². The van der Waals surface area contributed by atoms with Crippen LogP contribution in [-0.4, -0.2) is 61.4 Å². The molecule has 1 saturated heterocycles. The Morgan fingerprint density at radius 2 is 1.97 bits per heavy atom. The van der Waals surface area contributed by atoms with E-state index >= 15 is 0 Å². The first-order chi connectivity index (χ1) is 16.2. The van der Waals surface area contributed by atoms with E-state index in [2.05, 4.69) is 63.4 Å². The maximum absolute atomic E-state index is 11.8. The van der Waals surface area contributed by atoms with E-state index in [1.165, 1.54) is 17.8 Å². The molecular weight excluding hydrogens is 450 g/mol. The van der Waals surface area contributed by atoms with E-state index in [4.69, 9.17) is 5.14 Å². The molecule has 0 saturated carbocycles. The highest BCUT2D eigenvalue weighted by molar-refractivity contribution is 7.93. The Balaban J connectivity index is 1.74. The van der Waals surface area contributed by atoms with Crippen LogP contribution in [0.4, 0.5) is 11.8 Å². The summed E-state index contributed by atoms with van der Waals surface area (Å²) in [6, 6.07) is 0. The SMILES string of the molecule is CC/C(=C\C=C(/C)N1CCN(C)CC1)Nc1ncc(C)c(NC2=CCC=CC(S(N)(=O)=O)=C2)n1. The lowest BCUT2D eigenvalue weighted by Crippen LogP contribution is -2.43.